The maximum Gasteiger partial charge on any atom is 0.326 e. The first kappa shape index (κ1) is 27.3. The van der Waals surface area contributed by atoms with E-state index < -0.39 is 51.9 Å². The van der Waals surface area contributed by atoms with Crippen LogP contribution in [0.25, 0.3) is 5.76 Å². The van der Waals surface area contributed by atoms with Crippen LogP contribution in [0.3, 0.4) is 0 Å². The fraction of sp³-hybridized carbons (Fsp3) is 0.292. The van der Waals surface area contributed by atoms with Crippen LogP contribution in [0, 0.1) is 5.92 Å². The number of carbonyl (C=O) groups excluding carboxylic acids is 3. The van der Waals surface area contributed by atoms with E-state index in [0.29, 0.717) is 4.31 Å². The fourth-order valence-corrected chi connectivity index (χ4v) is 4.91. The molecule has 0 unspecified atom stereocenters. The molecule has 3 N–H and O–H groups in total. The van der Waals surface area contributed by atoms with Gasteiger partial charge in [-0.2, -0.15) is 0 Å². The number of rotatable bonds is 9. The number of ether oxygens (including phenoxy) is 1. The normalized spacial score (nSPS) is 15.0. The molecule has 3 rings (SSSR count). The molecular formula is C24H26N4O8S. The molecule has 1 aliphatic heterocycles. The maximum absolute atomic E-state index is 13.2. The van der Waals surface area contributed by atoms with E-state index >= 15 is 0 Å². The minimum atomic E-state index is -4.15. The molecule has 0 fully saturated rings. The fourth-order valence-electron chi connectivity index (χ4n) is 3.52. The van der Waals surface area contributed by atoms with Gasteiger partial charge in [0.2, 0.25) is 5.91 Å². The molecule has 1 aromatic heterocycles. The Balaban J connectivity index is 1.89. The highest BCUT2D eigenvalue weighted by Gasteiger charge is 2.39. The van der Waals surface area contributed by atoms with Crippen LogP contribution in [0.2, 0.25) is 0 Å². The number of pyridine rings is 1. The average molecular weight is 531 g/mol. The molecule has 0 saturated carbocycles. The minimum Gasteiger partial charge on any atom is -0.480 e. The van der Waals surface area contributed by atoms with E-state index in [1.807, 2.05) is 0 Å². The molecule has 196 valence electrons. The van der Waals surface area contributed by atoms with Crippen LogP contribution in [-0.2, 0) is 33.9 Å². The lowest BCUT2D eigenvalue weighted by Crippen LogP contribution is -2.44. The van der Waals surface area contributed by atoms with Crippen LogP contribution >= 0.6 is 0 Å². The van der Waals surface area contributed by atoms with Crippen LogP contribution < -0.4 is 10.6 Å². The SMILES string of the molecule is CC(C)[C@H](NC(=O)CCC(=O)OC1=C(C(=O)Nc2ccccn2)N(C)S(=O)(=O)c2ccccc21)C(=O)O. The van der Waals surface area contributed by atoms with E-state index in [9.17, 15) is 32.7 Å². The molecule has 0 bridgehead atoms. The maximum atomic E-state index is 13.2. The van der Waals surface area contributed by atoms with Crippen LogP contribution in [0.15, 0.2) is 59.3 Å². The number of hydrogen-bond donors (Lipinski definition) is 3. The lowest BCUT2D eigenvalue weighted by Gasteiger charge is -2.30. The van der Waals surface area contributed by atoms with Gasteiger partial charge in [-0.1, -0.05) is 32.0 Å². The molecule has 13 heteroatoms. The van der Waals surface area contributed by atoms with Crippen LogP contribution in [0.4, 0.5) is 5.82 Å². The van der Waals surface area contributed by atoms with Gasteiger partial charge < -0.3 is 20.5 Å². The van der Waals surface area contributed by atoms with E-state index in [2.05, 4.69) is 15.6 Å². The Morgan fingerprint density at radius 2 is 1.73 bits per heavy atom. The van der Waals surface area contributed by atoms with Crippen LogP contribution in [0.5, 0.6) is 0 Å². The number of fused-ring (bicyclic) bond motifs is 1. The number of nitrogens with one attached hydrogen (secondary N) is 2. The molecular weight excluding hydrogens is 504 g/mol. The second kappa shape index (κ2) is 11.2. The first-order chi connectivity index (χ1) is 17.4. The van der Waals surface area contributed by atoms with Gasteiger partial charge in [-0.15, -0.1) is 0 Å². The minimum absolute atomic E-state index is 0.00433. The van der Waals surface area contributed by atoms with E-state index in [0.717, 1.165) is 7.05 Å². The third-order valence-electron chi connectivity index (χ3n) is 5.44. The molecule has 0 saturated heterocycles. The number of likely N-dealkylation sites (N-methyl/N-ethyl adjacent to an activating group) is 1. The largest absolute Gasteiger partial charge is 0.480 e. The third-order valence-corrected chi connectivity index (χ3v) is 7.26. The zero-order chi connectivity index (χ0) is 27.3. The van der Waals surface area contributed by atoms with E-state index in [-0.39, 0.29) is 34.4 Å². The number of carboxylic acids is 1. The number of amides is 2. The second-order valence-electron chi connectivity index (χ2n) is 8.42. The second-order valence-corrected chi connectivity index (χ2v) is 10.4. The summed E-state index contributed by atoms with van der Waals surface area (Å²) in [5, 5.41) is 14.1. The van der Waals surface area contributed by atoms with Crippen LogP contribution in [0.1, 0.15) is 32.3 Å². The number of esters is 1. The topological polar surface area (TPSA) is 172 Å². The first-order valence-electron chi connectivity index (χ1n) is 11.2. The highest BCUT2D eigenvalue weighted by Crippen LogP contribution is 2.37. The van der Waals surface area contributed by atoms with E-state index in [1.165, 1.54) is 36.5 Å². The van der Waals surface area contributed by atoms with Crippen molar-refractivity contribution < 1.29 is 37.4 Å². The summed E-state index contributed by atoms with van der Waals surface area (Å²) in [5.41, 5.74) is -0.455. The Hall–Kier alpha value is -4.26. The zero-order valence-electron chi connectivity index (χ0n) is 20.3. The number of carboxylic acid groups (broad SMARTS) is 1. The number of carbonyl (C=O) groups is 4. The van der Waals surface area contributed by atoms with Gasteiger partial charge in [-0.3, -0.25) is 18.7 Å². The summed E-state index contributed by atoms with van der Waals surface area (Å²) in [6, 6.07) is 9.33. The van der Waals surface area contributed by atoms with Gasteiger partial charge in [0.15, 0.2) is 11.5 Å². The molecule has 0 aliphatic carbocycles. The van der Waals surface area contributed by atoms with Crippen molar-refractivity contribution in [2.45, 2.75) is 37.6 Å². The quantitative estimate of drug-likeness (QED) is 0.407. The molecule has 2 heterocycles. The van der Waals surface area contributed by atoms with Crippen molar-refractivity contribution in [1.29, 1.82) is 0 Å². The molecule has 2 aromatic rings. The molecule has 2 amide bonds. The lowest BCUT2D eigenvalue weighted by atomic mass is 10.0. The van der Waals surface area contributed by atoms with Crippen molar-refractivity contribution in [2.75, 3.05) is 12.4 Å². The van der Waals surface area contributed by atoms with Gasteiger partial charge in [0.25, 0.3) is 15.9 Å². The Morgan fingerprint density at radius 3 is 2.35 bits per heavy atom. The smallest absolute Gasteiger partial charge is 0.326 e. The number of sulfonamides is 1. The van der Waals surface area contributed by atoms with Crippen LogP contribution in [-0.4, -0.2) is 59.7 Å². The Bertz CT molecular complexity index is 1360. The number of hydrogen-bond acceptors (Lipinski definition) is 8. The lowest BCUT2D eigenvalue weighted by molar-refractivity contribution is -0.143. The molecule has 1 aromatic carbocycles. The number of nitrogens with zero attached hydrogens (tertiary/aromatic N) is 2. The zero-order valence-corrected chi connectivity index (χ0v) is 21.1. The predicted octanol–water partition coefficient (Wildman–Crippen LogP) is 1.57. The Kier molecular flexibility index (Phi) is 8.28. The van der Waals surface area contributed by atoms with Gasteiger partial charge in [0.1, 0.15) is 11.9 Å². The molecule has 1 aliphatic rings. The molecule has 0 radical (unpaired) electrons. The summed E-state index contributed by atoms with van der Waals surface area (Å²) in [6.45, 7) is 3.25. The van der Waals surface area contributed by atoms with Gasteiger partial charge >= 0.3 is 11.9 Å². The average Bonchev–Trinajstić information content (AvgIpc) is 2.85. The number of benzene rings is 1. The number of anilines is 1. The van der Waals surface area contributed by atoms with Crippen molar-refractivity contribution in [1.82, 2.24) is 14.6 Å². The van der Waals surface area contributed by atoms with E-state index in [1.54, 1.807) is 26.0 Å². The predicted molar refractivity (Wildman–Crippen MR) is 131 cm³/mol. The molecule has 12 nitrogen and oxygen atoms in total. The summed E-state index contributed by atoms with van der Waals surface area (Å²) in [4.78, 5) is 53.2. The van der Waals surface area contributed by atoms with Crippen molar-refractivity contribution in [3.05, 3.63) is 59.9 Å². The standard InChI is InChI=1S/C24H26N4O8S/c1-14(2)20(24(32)33)27-18(29)11-12-19(30)36-22-15-8-4-5-9-16(15)37(34,35)28(3)21(22)23(31)26-17-10-6-7-13-25-17/h4-10,13-14,20H,11-12H2,1-3H3,(H,27,29)(H,32,33)(H,25,26,31)/t20-/m0/s1. The summed E-state index contributed by atoms with van der Waals surface area (Å²) < 4.78 is 32.3. The Morgan fingerprint density at radius 1 is 1.05 bits per heavy atom. The summed E-state index contributed by atoms with van der Waals surface area (Å²) in [7, 11) is -3.00. The van der Waals surface area contributed by atoms with Gasteiger partial charge in [-0.05, 0) is 30.2 Å². The summed E-state index contributed by atoms with van der Waals surface area (Å²) >= 11 is 0. The van der Waals surface area contributed by atoms with Gasteiger partial charge in [0.05, 0.1) is 11.3 Å². The third kappa shape index (κ3) is 6.12. The summed E-state index contributed by atoms with van der Waals surface area (Å²) in [5.74, 6) is -4.24. The number of aromatic nitrogens is 1. The molecule has 0 spiro atoms. The van der Waals surface area contributed by atoms with Crippen molar-refractivity contribution >= 4 is 45.4 Å². The summed E-state index contributed by atoms with van der Waals surface area (Å²) in [6.07, 6.45) is 0.599. The number of aliphatic carboxylic acids is 1. The van der Waals surface area contributed by atoms with Gasteiger partial charge in [0, 0.05) is 25.2 Å². The first-order valence-corrected chi connectivity index (χ1v) is 12.6. The van der Waals surface area contributed by atoms with Crippen molar-refractivity contribution in [3.8, 4) is 0 Å². The van der Waals surface area contributed by atoms with E-state index in [4.69, 9.17) is 4.74 Å². The van der Waals surface area contributed by atoms with Gasteiger partial charge in [-0.25, -0.2) is 18.2 Å². The Labute approximate surface area is 213 Å². The highest BCUT2D eigenvalue weighted by atomic mass is 32.2. The highest BCUT2D eigenvalue weighted by molar-refractivity contribution is 7.89. The van der Waals surface area contributed by atoms with Crippen molar-refractivity contribution in [3.63, 3.8) is 0 Å². The monoisotopic (exact) mass is 530 g/mol. The molecule has 1 atom stereocenters. The molecule has 37 heavy (non-hydrogen) atoms. The van der Waals surface area contributed by atoms with Crippen molar-refractivity contribution in [2.24, 2.45) is 5.92 Å².